The standard InChI is InChI=1S/C14H16FN5OS/c1-9(2)20-14(16-17-18-20)22-12-7-8-19(13(12)21)11-6-4-3-5-10(11)15/h3-6,9,12H,7-8H2,1-2H3. The highest BCUT2D eigenvalue weighted by molar-refractivity contribution is 8.00. The number of hydrogen-bond acceptors (Lipinski definition) is 5. The maximum absolute atomic E-state index is 13.9. The highest BCUT2D eigenvalue weighted by Gasteiger charge is 2.35. The van der Waals surface area contributed by atoms with Crippen LogP contribution in [0, 0.1) is 5.82 Å². The average molecular weight is 321 g/mol. The van der Waals surface area contributed by atoms with E-state index in [0.717, 1.165) is 0 Å². The van der Waals surface area contributed by atoms with Gasteiger partial charge in [-0.15, -0.1) is 5.10 Å². The molecule has 2 heterocycles. The van der Waals surface area contributed by atoms with E-state index < -0.39 is 0 Å². The Hall–Kier alpha value is -1.96. The molecular weight excluding hydrogens is 305 g/mol. The number of anilines is 1. The van der Waals surface area contributed by atoms with E-state index >= 15 is 0 Å². The summed E-state index contributed by atoms with van der Waals surface area (Å²) in [6.07, 6.45) is 0.642. The normalized spacial score (nSPS) is 18.5. The van der Waals surface area contributed by atoms with Gasteiger partial charge in [0, 0.05) is 6.54 Å². The summed E-state index contributed by atoms with van der Waals surface area (Å²) in [5, 5.41) is 11.9. The number of carbonyl (C=O) groups is 1. The van der Waals surface area contributed by atoms with Gasteiger partial charge in [-0.25, -0.2) is 9.07 Å². The minimum absolute atomic E-state index is 0.103. The quantitative estimate of drug-likeness (QED) is 0.864. The van der Waals surface area contributed by atoms with Crippen molar-refractivity contribution in [1.82, 2.24) is 20.2 Å². The van der Waals surface area contributed by atoms with Gasteiger partial charge < -0.3 is 4.90 Å². The molecule has 2 aromatic rings. The maximum atomic E-state index is 13.9. The molecule has 0 N–H and O–H groups in total. The lowest BCUT2D eigenvalue weighted by Gasteiger charge is -2.17. The second kappa shape index (κ2) is 6.04. The van der Waals surface area contributed by atoms with Crippen molar-refractivity contribution in [1.29, 1.82) is 0 Å². The minimum Gasteiger partial charge on any atom is -0.309 e. The van der Waals surface area contributed by atoms with Gasteiger partial charge in [0.15, 0.2) is 0 Å². The third-order valence-corrected chi connectivity index (χ3v) is 4.70. The molecule has 0 saturated carbocycles. The van der Waals surface area contributed by atoms with Gasteiger partial charge in [0.05, 0.1) is 17.0 Å². The molecule has 1 aromatic heterocycles. The molecule has 0 bridgehead atoms. The van der Waals surface area contributed by atoms with Crippen LogP contribution in [0.5, 0.6) is 0 Å². The van der Waals surface area contributed by atoms with Crippen molar-refractivity contribution >= 4 is 23.4 Å². The first-order chi connectivity index (χ1) is 10.6. The van der Waals surface area contributed by atoms with Crippen LogP contribution < -0.4 is 4.90 Å². The summed E-state index contributed by atoms with van der Waals surface area (Å²) in [5.41, 5.74) is 0.332. The first kappa shape index (κ1) is 15.0. The number of benzene rings is 1. The molecule has 0 radical (unpaired) electrons. The SMILES string of the molecule is CC(C)n1nnnc1SC1CCN(c2ccccc2F)C1=O. The van der Waals surface area contributed by atoms with Gasteiger partial charge in [0.1, 0.15) is 5.82 Å². The zero-order chi connectivity index (χ0) is 15.7. The third-order valence-electron chi connectivity index (χ3n) is 3.50. The summed E-state index contributed by atoms with van der Waals surface area (Å²) in [6, 6.07) is 6.45. The fraction of sp³-hybridized carbons (Fsp3) is 0.429. The van der Waals surface area contributed by atoms with E-state index in [9.17, 15) is 9.18 Å². The monoisotopic (exact) mass is 321 g/mol. The molecule has 6 nitrogen and oxygen atoms in total. The fourth-order valence-corrected chi connectivity index (χ4v) is 3.53. The van der Waals surface area contributed by atoms with Crippen LogP contribution in [0.1, 0.15) is 26.3 Å². The Morgan fingerprint density at radius 1 is 1.36 bits per heavy atom. The van der Waals surface area contributed by atoms with Gasteiger partial charge in [-0.1, -0.05) is 23.9 Å². The van der Waals surface area contributed by atoms with Crippen LogP contribution in [0.4, 0.5) is 10.1 Å². The first-order valence-corrected chi connectivity index (χ1v) is 7.96. The highest BCUT2D eigenvalue weighted by Crippen LogP contribution is 2.33. The van der Waals surface area contributed by atoms with Crippen molar-refractivity contribution in [3.05, 3.63) is 30.1 Å². The Bertz CT molecular complexity index is 689. The Morgan fingerprint density at radius 3 is 2.86 bits per heavy atom. The predicted octanol–water partition coefficient (Wildman–Crippen LogP) is 2.29. The number of carbonyl (C=O) groups excluding carboxylic acids is 1. The van der Waals surface area contributed by atoms with Crippen LogP contribution in [0.25, 0.3) is 0 Å². The van der Waals surface area contributed by atoms with Gasteiger partial charge in [0.25, 0.3) is 0 Å². The van der Waals surface area contributed by atoms with E-state index in [1.165, 1.54) is 22.7 Å². The third kappa shape index (κ3) is 2.70. The van der Waals surface area contributed by atoms with Crippen LogP contribution >= 0.6 is 11.8 Å². The molecule has 116 valence electrons. The van der Waals surface area contributed by atoms with Crippen LogP contribution in [0.15, 0.2) is 29.4 Å². The average Bonchev–Trinajstić information content (AvgIpc) is 3.08. The Morgan fingerprint density at radius 2 is 2.14 bits per heavy atom. The lowest BCUT2D eigenvalue weighted by Crippen LogP contribution is -2.29. The molecule has 1 aliphatic heterocycles. The molecule has 1 fully saturated rings. The van der Waals surface area contributed by atoms with Crippen LogP contribution in [0.3, 0.4) is 0 Å². The predicted molar refractivity (Wildman–Crippen MR) is 81.2 cm³/mol. The number of rotatable bonds is 4. The van der Waals surface area contributed by atoms with Crippen molar-refractivity contribution in [3.63, 3.8) is 0 Å². The summed E-state index contributed by atoms with van der Waals surface area (Å²) in [6.45, 7) is 4.45. The van der Waals surface area contributed by atoms with Crippen molar-refractivity contribution in [2.45, 2.75) is 36.7 Å². The van der Waals surface area contributed by atoms with Crippen molar-refractivity contribution in [2.24, 2.45) is 0 Å². The lowest BCUT2D eigenvalue weighted by atomic mass is 10.3. The van der Waals surface area contributed by atoms with E-state index in [1.807, 2.05) is 13.8 Å². The minimum atomic E-state index is -0.381. The maximum Gasteiger partial charge on any atom is 0.240 e. The summed E-state index contributed by atoms with van der Waals surface area (Å²) in [7, 11) is 0. The van der Waals surface area contributed by atoms with E-state index in [2.05, 4.69) is 15.5 Å². The second-order valence-electron chi connectivity index (χ2n) is 5.34. The number of nitrogens with zero attached hydrogens (tertiary/aromatic N) is 5. The second-order valence-corrected chi connectivity index (χ2v) is 6.51. The summed E-state index contributed by atoms with van der Waals surface area (Å²) >= 11 is 1.34. The van der Waals surface area contributed by atoms with Crippen molar-refractivity contribution < 1.29 is 9.18 Å². The molecular formula is C14H16FN5OS. The molecule has 1 amide bonds. The van der Waals surface area contributed by atoms with Gasteiger partial charge in [-0.05, 0) is 42.8 Å². The molecule has 1 saturated heterocycles. The number of para-hydroxylation sites is 1. The number of tetrazole rings is 1. The Labute approximate surface area is 131 Å². The van der Waals surface area contributed by atoms with Crippen molar-refractivity contribution in [2.75, 3.05) is 11.4 Å². The zero-order valence-corrected chi connectivity index (χ0v) is 13.1. The van der Waals surface area contributed by atoms with Gasteiger partial charge in [0.2, 0.25) is 11.1 Å². The Kier molecular flexibility index (Phi) is 4.10. The van der Waals surface area contributed by atoms with Gasteiger partial charge in [-0.3, -0.25) is 4.79 Å². The Balaban J connectivity index is 1.77. The number of hydrogen-bond donors (Lipinski definition) is 0. The van der Waals surface area contributed by atoms with Gasteiger partial charge in [-0.2, -0.15) is 0 Å². The van der Waals surface area contributed by atoms with Crippen LogP contribution in [-0.4, -0.2) is 37.9 Å². The molecule has 22 heavy (non-hydrogen) atoms. The van der Waals surface area contributed by atoms with E-state index in [4.69, 9.17) is 0 Å². The number of amides is 1. The molecule has 0 aliphatic carbocycles. The molecule has 3 rings (SSSR count). The summed E-state index contributed by atoms with van der Waals surface area (Å²) < 4.78 is 15.5. The molecule has 1 unspecified atom stereocenters. The van der Waals surface area contributed by atoms with Gasteiger partial charge >= 0.3 is 0 Å². The lowest BCUT2D eigenvalue weighted by molar-refractivity contribution is -0.116. The number of aromatic nitrogens is 4. The molecule has 8 heteroatoms. The topological polar surface area (TPSA) is 63.9 Å². The smallest absolute Gasteiger partial charge is 0.240 e. The number of halogens is 1. The van der Waals surface area contributed by atoms with Crippen LogP contribution in [0.2, 0.25) is 0 Å². The summed E-state index contributed by atoms with van der Waals surface area (Å²) in [4.78, 5) is 14.0. The molecule has 1 atom stereocenters. The van der Waals surface area contributed by atoms with E-state index in [1.54, 1.807) is 22.9 Å². The zero-order valence-electron chi connectivity index (χ0n) is 12.3. The van der Waals surface area contributed by atoms with E-state index in [-0.39, 0.29) is 23.0 Å². The van der Waals surface area contributed by atoms with Crippen molar-refractivity contribution in [3.8, 4) is 0 Å². The molecule has 0 spiro atoms. The summed E-state index contributed by atoms with van der Waals surface area (Å²) in [5.74, 6) is -0.484. The highest BCUT2D eigenvalue weighted by atomic mass is 32.2. The molecule has 1 aromatic carbocycles. The molecule has 1 aliphatic rings. The van der Waals surface area contributed by atoms with E-state index in [0.29, 0.717) is 23.8 Å². The van der Waals surface area contributed by atoms with Crippen LogP contribution in [-0.2, 0) is 4.79 Å². The fourth-order valence-electron chi connectivity index (χ4n) is 2.39. The number of thioether (sulfide) groups is 1. The first-order valence-electron chi connectivity index (χ1n) is 7.08. The largest absolute Gasteiger partial charge is 0.309 e.